The molecule has 1 heterocycles. The highest BCUT2D eigenvalue weighted by Gasteiger charge is 2.23. The molecule has 0 saturated carbocycles. The van der Waals surface area contributed by atoms with E-state index in [-0.39, 0.29) is 41.1 Å². The lowest BCUT2D eigenvalue weighted by molar-refractivity contribution is -0.131. The standard InChI is InChI=1S/C24H31FN4O.HI/c1-24(2,20-10-6-11-21(25)14-20)17-28-23(26-3)27-13-7-12-22(30)29-15-18-8-4-5-9-19(18)16-29;/h4-6,8-11,14H,7,12-13,15-17H2,1-3H3,(H2,26,27,28);1H. The normalized spacial score (nSPS) is 13.4. The first-order chi connectivity index (χ1) is 14.4. The molecule has 0 spiro atoms. The number of hydrogen-bond acceptors (Lipinski definition) is 2. The van der Waals surface area contributed by atoms with Gasteiger partial charge in [0.1, 0.15) is 5.82 Å². The minimum atomic E-state index is -0.250. The van der Waals surface area contributed by atoms with E-state index in [2.05, 4.69) is 41.6 Å². The van der Waals surface area contributed by atoms with Crippen LogP contribution in [0.1, 0.15) is 43.4 Å². The largest absolute Gasteiger partial charge is 0.356 e. The van der Waals surface area contributed by atoms with Crippen LogP contribution in [0.2, 0.25) is 0 Å². The van der Waals surface area contributed by atoms with Crippen LogP contribution in [0.15, 0.2) is 53.5 Å². The highest BCUT2D eigenvalue weighted by atomic mass is 127. The number of aliphatic imine (C=N–C) groups is 1. The third kappa shape index (κ3) is 6.92. The Morgan fingerprint density at radius 1 is 1.10 bits per heavy atom. The minimum Gasteiger partial charge on any atom is -0.356 e. The molecule has 2 aromatic rings. The van der Waals surface area contributed by atoms with Gasteiger partial charge in [0.05, 0.1) is 0 Å². The second kappa shape index (κ2) is 11.5. The van der Waals surface area contributed by atoms with Gasteiger partial charge in [-0.15, -0.1) is 24.0 Å². The summed E-state index contributed by atoms with van der Waals surface area (Å²) in [6, 6.07) is 14.9. The van der Waals surface area contributed by atoms with Gasteiger partial charge in [-0.05, 0) is 35.2 Å². The molecular formula is C24H32FIN4O. The third-order valence-corrected chi connectivity index (χ3v) is 5.58. The number of guanidine groups is 1. The lowest BCUT2D eigenvalue weighted by atomic mass is 9.84. The maximum atomic E-state index is 13.5. The average Bonchev–Trinajstić information content (AvgIpc) is 3.17. The minimum absolute atomic E-state index is 0. The number of fused-ring (bicyclic) bond motifs is 1. The molecule has 0 saturated heterocycles. The first-order valence-electron chi connectivity index (χ1n) is 10.4. The molecule has 7 heteroatoms. The number of halogens is 2. The van der Waals surface area contributed by atoms with Gasteiger partial charge in [-0.25, -0.2) is 4.39 Å². The summed E-state index contributed by atoms with van der Waals surface area (Å²) in [6.07, 6.45) is 1.24. The highest BCUT2D eigenvalue weighted by Crippen LogP contribution is 2.23. The van der Waals surface area contributed by atoms with E-state index in [0.29, 0.717) is 38.6 Å². The third-order valence-electron chi connectivity index (χ3n) is 5.58. The smallest absolute Gasteiger partial charge is 0.223 e. The summed E-state index contributed by atoms with van der Waals surface area (Å²) in [6.45, 7) is 6.82. The Morgan fingerprint density at radius 2 is 1.77 bits per heavy atom. The van der Waals surface area contributed by atoms with E-state index in [1.54, 1.807) is 19.2 Å². The Balaban J connectivity index is 0.00000341. The molecule has 0 aliphatic carbocycles. The second-order valence-electron chi connectivity index (χ2n) is 8.37. The zero-order valence-electron chi connectivity index (χ0n) is 18.5. The van der Waals surface area contributed by atoms with Gasteiger partial charge in [0, 0.05) is 45.1 Å². The van der Waals surface area contributed by atoms with Gasteiger partial charge in [0.25, 0.3) is 0 Å². The van der Waals surface area contributed by atoms with Gasteiger partial charge < -0.3 is 15.5 Å². The number of nitrogens with one attached hydrogen (secondary N) is 2. The van der Waals surface area contributed by atoms with Crippen LogP contribution in [0.5, 0.6) is 0 Å². The molecule has 31 heavy (non-hydrogen) atoms. The summed E-state index contributed by atoms with van der Waals surface area (Å²) < 4.78 is 13.5. The second-order valence-corrected chi connectivity index (χ2v) is 8.37. The monoisotopic (exact) mass is 538 g/mol. The van der Waals surface area contributed by atoms with Crippen molar-refractivity contribution in [1.29, 1.82) is 0 Å². The SMILES string of the molecule is CN=C(NCCCC(=O)N1Cc2ccccc2C1)NCC(C)(C)c1cccc(F)c1.I. The number of nitrogens with zero attached hydrogens (tertiary/aromatic N) is 2. The molecule has 2 N–H and O–H groups in total. The van der Waals surface area contributed by atoms with Crippen LogP contribution in [0, 0.1) is 5.82 Å². The molecule has 0 bridgehead atoms. The van der Waals surface area contributed by atoms with Crippen molar-refractivity contribution in [2.75, 3.05) is 20.1 Å². The van der Waals surface area contributed by atoms with Crippen molar-refractivity contribution in [2.24, 2.45) is 4.99 Å². The predicted octanol–water partition coefficient (Wildman–Crippen LogP) is 4.21. The van der Waals surface area contributed by atoms with Crippen LogP contribution in [-0.2, 0) is 23.3 Å². The summed E-state index contributed by atoms with van der Waals surface area (Å²) in [5.74, 6) is 0.637. The number of carbonyl (C=O) groups excluding carboxylic acids is 1. The van der Waals surface area contributed by atoms with Crippen LogP contribution in [0.3, 0.4) is 0 Å². The Morgan fingerprint density at radius 3 is 2.39 bits per heavy atom. The van der Waals surface area contributed by atoms with E-state index in [1.807, 2.05) is 23.1 Å². The molecule has 3 rings (SSSR count). The van der Waals surface area contributed by atoms with Gasteiger partial charge >= 0.3 is 0 Å². The summed E-state index contributed by atoms with van der Waals surface area (Å²) in [4.78, 5) is 18.7. The number of hydrogen-bond donors (Lipinski definition) is 2. The fourth-order valence-electron chi connectivity index (χ4n) is 3.65. The maximum Gasteiger partial charge on any atom is 0.223 e. The molecular weight excluding hydrogens is 506 g/mol. The Hall–Kier alpha value is -2.16. The lowest BCUT2D eigenvalue weighted by Gasteiger charge is -2.27. The van der Waals surface area contributed by atoms with E-state index in [1.165, 1.54) is 17.2 Å². The van der Waals surface area contributed by atoms with Crippen molar-refractivity contribution in [2.45, 2.75) is 45.2 Å². The van der Waals surface area contributed by atoms with Crippen LogP contribution in [-0.4, -0.2) is 36.9 Å². The highest BCUT2D eigenvalue weighted by molar-refractivity contribution is 14.0. The van der Waals surface area contributed by atoms with Crippen molar-refractivity contribution in [3.63, 3.8) is 0 Å². The molecule has 0 unspecified atom stereocenters. The van der Waals surface area contributed by atoms with E-state index >= 15 is 0 Å². The number of rotatable bonds is 7. The zero-order valence-corrected chi connectivity index (χ0v) is 20.8. The predicted molar refractivity (Wildman–Crippen MR) is 134 cm³/mol. The lowest BCUT2D eigenvalue weighted by Crippen LogP contribution is -2.43. The van der Waals surface area contributed by atoms with E-state index in [9.17, 15) is 9.18 Å². The first-order valence-corrected chi connectivity index (χ1v) is 10.4. The molecule has 0 fully saturated rings. The van der Waals surface area contributed by atoms with Gasteiger partial charge in [-0.1, -0.05) is 50.2 Å². The van der Waals surface area contributed by atoms with E-state index < -0.39 is 0 Å². The summed E-state index contributed by atoms with van der Waals surface area (Å²) in [7, 11) is 1.72. The molecule has 1 amide bonds. The van der Waals surface area contributed by atoms with Gasteiger partial charge in [0.2, 0.25) is 5.91 Å². The van der Waals surface area contributed by atoms with Crippen molar-refractivity contribution in [3.8, 4) is 0 Å². The van der Waals surface area contributed by atoms with Crippen LogP contribution >= 0.6 is 24.0 Å². The fourth-order valence-corrected chi connectivity index (χ4v) is 3.65. The van der Waals surface area contributed by atoms with E-state index in [0.717, 1.165) is 12.0 Å². The van der Waals surface area contributed by atoms with Crippen molar-refractivity contribution in [1.82, 2.24) is 15.5 Å². The molecule has 1 aliphatic rings. The molecule has 168 valence electrons. The molecule has 2 aromatic carbocycles. The quantitative estimate of drug-likeness (QED) is 0.241. The summed E-state index contributed by atoms with van der Waals surface area (Å²) in [5.41, 5.74) is 3.17. The van der Waals surface area contributed by atoms with E-state index in [4.69, 9.17) is 0 Å². The molecule has 0 radical (unpaired) electrons. The van der Waals surface area contributed by atoms with Crippen molar-refractivity contribution < 1.29 is 9.18 Å². The summed E-state index contributed by atoms with van der Waals surface area (Å²) in [5, 5.41) is 6.57. The zero-order chi connectivity index (χ0) is 21.6. The number of benzene rings is 2. The van der Waals surface area contributed by atoms with Crippen LogP contribution in [0.4, 0.5) is 4.39 Å². The van der Waals surface area contributed by atoms with Gasteiger partial charge in [0.15, 0.2) is 5.96 Å². The average molecular weight is 538 g/mol. The van der Waals surface area contributed by atoms with Gasteiger partial charge in [-0.3, -0.25) is 9.79 Å². The fraction of sp³-hybridized carbons (Fsp3) is 0.417. The molecule has 0 atom stereocenters. The summed E-state index contributed by atoms with van der Waals surface area (Å²) >= 11 is 0. The van der Waals surface area contributed by atoms with Gasteiger partial charge in [-0.2, -0.15) is 0 Å². The topological polar surface area (TPSA) is 56.7 Å². The van der Waals surface area contributed by atoms with Crippen molar-refractivity contribution in [3.05, 3.63) is 71.0 Å². The number of amides is 1. The molecule has 0 aromatic heterocycles. The Kier molecular flexibility index (Phi) is 9.28. The molecule has 5 nitrogen and oxygen atoms in total. The van der Waals surface area contributed by atoms with Crippen molar-refractivity contribution >= 4 is 35.8 Å². The maximum absolute atomic E-state index is 13.5. The Bertz CT molecular complexity index is 891. The van der Waals surface area contributed by atoms with Crippen LogP contribution < -0.4 is 10.6 Å². The molecule has 1 aliphatic heterocycles. The number of carbonyl (C=O) groups is 1. The Labute approximate surface area is 201 Å². The van der Waals surface area contributed by atoms with Crippen LogP contribution in [0.25, 0.3) is 0 Å². The first kappa shape index (κ1) is 25.1.